The van der Waals surface area contributed by atoms with E-state index in [1.54, 1.807) is 0 Å². The van der Waals surface area contributed by atoms with Gasteiger partial charge in [0.1, 0.15) is 5.54 Å². The van der Waals surface area contributed by atoms with Crippen LogP contribution < -0.4 is 10.6 Å². The van der Waals surface area contributed by atoms with Crippen LogP contribution in [-0.2, 0) is 16.1 Å². The highest BCUT2D eigenvalue weighted by Gasteiger charge is 2.35. The first-order valence-electron chi connectivity index (χ1n) is 8.64. The molecule has 1 aromatic carbocycles. The van der Waals surface area contributed by atoms with E-state index in [1.165, 1.54) is 0 Å². The summed E-state index contributed by atoms with van der Waals surface area (Å²) in [6, 6.07) is 7.33. The molecule has 0 saturated carbocycles. The maximum Gasteiger partial charge on any atom is 0.237 e. The SMILES string of the molecule is Cc1ccc(CN2CCNC(=O)[C@H]2CC(=O)NC(CO)(CO)CO)cc1. The first-order valence-corrected chi connectivity index (χ1v) is 8.64. The molecule has 0 aliphatic carbocycles. The van der Waals surface area contributed by atoms with Gasteiger partial charge in [-0.05, 0) is 12.5 Å². The molecule has 1 aliphatic heterocycles. The molecule has 0 unspecified atom stereocenters. The molecule has 0 bridgehead atoms. The van der Waals surface area contributed by atoms with Crippen LogP contribution in [-0.4, -0.2) is 76.5 Å². The van der Waals surface area contributed by atoms with Gasteiger partial charge in [0.15, 0.2) is 0 Å². The first-order chi connectivity index (χ1) is 12.4. The smallest absolute Gasteiger partial charge is 0.237 e. The first kappa shape index (κ1) is 20.3. The van der Waals surface area contributed by atoms with Crippen molar-refractivity contribution in [2.24, 2.45) is 0 Å². The number of nitrogens with zero attached hydrogens (tertiary/aromatic N) is 1. The van der Waals surface area contributed by atoms with Gasteiger partial charge in [0.25, 0.3) is 0 Å². The third kappa shape index (κ3) is 5.01. The molecule has 8 heteroatoms. The lowest BCUT2D eigenvalue weighted by Crippen LogP contribution is -2.60. The Kier molecular flexibility index (Phi) is 7.10. The van der Waals surface area contributed by atoms with Crippen molar-refractivity contribution >= 4 is 11.8 Å². The molecule has 8 nitrogen and oxygen atoms in total. The summed E-state index contributed by atoms with van der Waals surface area (Å²) in [6.07, 6.45) is -0.126. The summed E-state index contributed by atoms with van der Waals surface area (Å²) >= 11 is 0. The lowest BCUT2D eigenvalue weighted by molar-refractivity contribution is -0.135. The highest BCUT2D eigenvalue weighted by Crippen LogP contribution is 2.15. The fourth-order valence-corrected chi connectivity index (χ4v) is 2.89. The van der Waals surface area contributed by atoms with Crippen LogP contribution in [0.2, 0.25) is 0 Å². The van der Waals surface area contributed by atoms with Crippen molar-refractivity contribution in [3.8, 4) is 0 Å². The number of aliphatic hydroxyl groups is 3. The zero-order chi connectivity index (χ0) is 19.2. The predicted octanol–water partition coefficient (Wildman–Crippen LogP) is -1.48. The second kappa shape index (κ2) is 9.09. The number of carbonyl (C=O) groups excluding carboxylic acids is 2. The summed E-state index contributed by atoms with van der Waals surface area (Å²) in [4.78, 5) is 26.6. The molecule has 2 rings (SSSR count). The Balaban J connectivity index is 2.06. The zero-order valence-electron chi connectivity index (χ0n) is 14.9. The van der Waals surface area contributed by atoms with E-state index in [9.17, 15) is 24.9 Å². The molecule has 1 saturated heterocycles. The normalized spacial score (nSPS) is 18.5. The van der Waals surface area contributed by atoms with E-state index in [4.69, 9.17) is 0 Å². The summed E-state index contributed by atoms with van der Waals surface area (Å²) in [7, 11) is 0. The molecule has 0 aromatic heterocycles. The van der Waals surface area contributed by atoms with E-state index in [0.717, 1.165) is 11.1 Å². The van der Waals surface area contributed by atoms with E-state index in [2.05, 4.69) is 10.6 Å². The van der Waals surface area contributed by atoms with E-state index in [-0.39, 0.29) is 12.3 Å². The monoisotopic (exact) mass is 365 g/mol. The van der Waals surface area contributed by atoms with Gasteiger partial charge in [-0.1, -0.05) is 29.8 Å². The van der Waals surface area contributed by atoms with Crippen molar-refractivity contribution in [2.45, 2.75) is 31.5 Å². The highest BCUT2D eigenvalue weighted by atomic mass is 16.3. The van der Waals surface area contributed by atoms with Crippen LogP contribution in [0.5, 0.6) is 0 Å². The van der Waals surface area contributed by atoms with Crippen molar-refractivity contribution in [1.29, 1.82) is 0 Å². The van der Waals surface area contributed by atoms with Crippen LogP contribution in [0.15, 0.2) is 24.3 Å². The maximum absolute atomic E-state index is 12.3. The maximum atomic E-state index is 12.3. The van der Waals surface area contributed by atoms with Gasteiger partial charge in [0.05, 0.1) is 32.3 Å². The zero-order valence-corrected chi connectivity index (χ0v) is 14.9. The molecule has 1 aliphatic rings. The molecule has 1 aromatic rings. The summed E-state index contributed by atoms with van der Waals surface area (Å²) in [5, 5.41) is 33.2. The molecule has 5 N–H and O–H groups in total. The topological polar surface area (TPSA) is 122 Å². The number of hydrogen-bond acceptors (Lipinski definition) is 6. The Hall–Kier alpha value is -2.00. The molecular weight excluding hydrogens is 338 g/mol. The number of carbonyl (C=O) groups is 2. The molecule has 0 spiro atoms. The third-order valence-corrected chi connectivity index (χ3v) is 4.64. The Morgan fingerprint density at radius 3 is 2.42 bits per heavy atom. The van der Waals surface area contributed by atoms with Crippen LogP contribution in [0.3, 0.4) is 0 Å². The van der Waals surface area contributed by atoms with Gasteiger partial charge in [-0.25, -0.2) is 0 Å². The minimum absolute atomic E-state index is 0.126. The summed E-state index contributed by atoms with van der Waals surface area (Å²) in [5.74, 6) is -0.751. The predicted molar refractivity (Wildman–Crippen MR) is 95.1 cm³/mol. The van der Waals surface area contributed by atoms with E-state index in [0.29, 0.717) is 19.6 Å². The van der Waals surface area contributed by atoms with Gasteiger partial charge in [-0.3, -0.25) is 14.5 Å². The average molecular weight is 365 g/mol. The summed E-state index contributed by atoms with van der Waals surface area (Å²) in [5.41, 5.74) is 0.699. The van der Waals surface area contributed by atoms with Crippen molar-refractivity contribution in [3.63, 3.8) is 0 Å². The second-order valence-corrected chi connectivity index (χ2v) is 6.77. The number of hydrogen-bond donors (Lipinski definition) is 5. The van der Waals surface area contributed by atoms with Crippen LogP contribution in [0.25, 0.3) is 0 Å². The number of piperazine rings is 1. The molecular formula is C18H27N3O5. The van der Waals surface area contributed by atoms with Crippen molar-refractivity contribution < 1.29 is 24.9 Å². The Morgan fingerprint density at radius 2 is 1.85 bits per heavy atom. The quantitative estimate of drug-likeness (QED) is 0.383. The molecule has 1 atom stereocenters. The van der Waals surface area contributed by atoms with Crippen LogP contribution >= 0.6 is 0 Å². The Labute approximate surface area is 152 Å². The standard InChI is InChI=1S/C18H27N3O5/c1-13-2-4-14(5-3-13)9-21-7-6-19-17(26)15(21)8-16(25)20-18(10-22,11-23)12-24/h2-5,15,22-24H,6-12H2,1H3,(H,19,26)(H,20,25)/t15-/m1/s1. The van der Waals surface area contributed by atoms with Crippen LogP contribution in [0.4, 0.5) is 0 Å². The van der Waals surface area contributed by atoms with Gasteiger partial charge < -0.3 is 26.0 Å². The second-order valence-electron chi connectivity index (χ2n) is 6.77. The lowest BCUT2D eigenvalue weighted by atomic mass is 10.0. The van der Waals surface area contributed by atoms with Gasteiger partial charge in [-0.2, -0.15) is 0 Å². The minimum Gasteiger partial charge on any atom is -0.394 e. The molecule has 0 radical (unpaired) electrons. The average Bonchev–Trinajstić information content (AvgIpc) is 2.64. The number of aryl methyl sites for hydroxylation is 1. The largest absolute Gasteiger partial charge is 0.394 e. The van der Waals surface area contributed by atoms with E-state index < -0.39 is 37.3 Å². The molecule has 1 fully saturated rings. The van der Waals surface area contributed by atoms with Crippen molar-refractivity contribution in [1.82, 2.24) is 15.5 Å². The summed E-state index contributed by atoms with van der Waals surface area (Å²) in [6.45, 7) is 1.86. The Bertz CT molecular complexity index is 607. The van der Waals surface area contributed by atoms with Gasteiger partial charge in [-0.15, -0.1) is 0 Å². The van der Waals surface area contributed by atoms with Crippen molar-refractivity contribution in [3.05, 3.63) is 35.4 Å². The fourth-order valence-electron chi connectivity index (χ4n) is 2.89. The van der Waals surface area contributed by atoms with Crippen LogP contribution in [0.1, 0.15) is 17.5 Å². The molecule has 26 heavy (non-hydrogen) atoms. The number of rotatable bonds is 8. The van der Waals surface area contributed by atoms with Gasteiger partial charge >= 0.3 is 0 Å². The highest BCUT2D eigenvalue weighted by molar-refractivity contribution is 5.89. The lowest BCUT2D eigenvalue weighted by Gasteiger charge is -2.36. The summed E-state index contributed by atoms with van der Waals surface area (Å²) < 4.78 is 0. The Morgan fingerprint density at radius 1 is 1.23 bits per heavy atom. The number of aliphatic hydroxyl groups excluding tert-OH is 3. The molecule has 1 heterocycles. The molecule has 144 valence electrons. The number of amides is 2. The van der Waals surface area contributed by atoms with Crippen molar-refractivity contribution in [2.75, 3.05) is 32.9 Å². The number of benzene rings is 1. The van der Waals surface area contributed by atoms with Crippen LogP contribution in [0, 0.1) is 6.92 Å². The third-order valence-electron chi connectivity index (χ3n) is 4.64. The fraction of sp³-hybridized carbons (Fsp3) is 0.556. The van der Waals surface area contributed by atoms with Gasteiger partial charge in [0.2, 0.25) is 11.8 Å². The van der Waals surface area contributed by atoms with E-state index >= 15 is 0 Å². The number of nitrogens with one attached hydrogen (secondary N) is 2. The van der Waals surface area contributed by atoms with E-state index in [1.807, 2.05) is 36.1 Å². The minimum atomic E-state index is -1.50. The van der Waals surface area contributed by atoms with Gasteiger partial charge in [0, 0.05) is 19.6 Å². The molecule has 2 amide bonds.